The van der Waals surface area contributed by atoms with Crippen molar-refractivity contribution >= 4 is 6.29 Å². The Morgan fingerprint density at radius 2 is 1.80 bits per heavy atom. The van der Waals surface area contributed by atoms with E-state index in [-0.39, 0.29) is 58.1 Å². The molecule has 10 heavy (non-hydrogen) atoms. The molecule has 56 valence electrons. The van der Waals surface area contributed by atoms with Gasteiger partial charge < -0.3 is 11.7 Å². The van der Waals surface area contributed by atoms with Crippen LogP contribution in [-0.4, -0.2) is 6.29 Å². The fraction of sp³-hybridized carbons (Fsp3) is 0.286. The van der Waals surface area contributed by atoms with Gasteiger partial charge in [-0.15, -0.1) is 6.92 Å². The van der Waals surface area contributed by atoms with E-state index in [2.05, 4.69) is 20.4 Å². The van der Waals surface area contributed by atoms with Crippen LogP contribution in [0.5, 0.6) is 0 Å². The molecule has 3 heteroatoms. The van der Waals surface area contributed by atoms with Gasteiger partial charge in [-0.1, -0.05) is 0 Å². The molecule has 0 saturated heterocycles. The predicted molar refractivity (Wildman–Crippen MR) is 35.8 cm³/mol. The SMILES string of the molecule is C=C[CH2-].[CH2-]C(C)[C-]=O.[U+2].[W]. The minimum Gasteiger partial charge on any atom is -0.544 e. The van der Waals surface area contributed by atoms with Crippen molar-refractivity contribution in [2.24, 2.45) is 5.92 Å². The van der Waals surface area contributed by atoms with Crippen LogP contribution in [0.2, 0.25) is 0 Å². The van der Waals surface area contributed by atoms with E-state index >= 15 is 0 Å². The van der Waals surface area contributed by atoms with E-state index in [0.29, 0.717) is 0 Å². The molecule has 1 nitrogen and oxygen atoms in total. The minimum absolute atomic E-state index is 0. The maximum atomic E-state index is 9.32. The molecule has 0 bridgehead atoms. The number of hydrogen-bond acceptors (Lipinski definition) is 1. The fourth-order valence-corrected chi connectivity index (χ4v) is 0. The molecule has 0 saturated carbocycles. The van der Waals surface area contributed by atoms with Crippen LogP contribution in [0.15, 0.2) is 12.7 Å². The van der Waals surface area contributed by atoms with Gasteiger partial charge >= 0.3 is 31.1 Å². The Morgan fingerprint density at radius 3 is 1.80 bits per heavy atom. The van der Waals surface area contributed by atoms with Crippen molar-refractivity contribution in [3.63, 3.8) is 0 Å². The average Bonchev–Trinajstić information content (AvgIpc) is 1.69. The van der Waals surface area contributed by atoms with Gasteiger partial charge in [0.15, 0.2) is 0 Å². The van der Waals surface area contributed by atoms with Gasteiger partial charge in [0.2, 0.25) is 0 Å². The Balaban J connectivity index is -0.0000000326. The van der Waals surface area contributed by atoms with Crippen molar-refractivity contribution in [2.75, 3.05) is 0 Å². The Hall–Kier alpha value is 1.02. The number of carbonyl (C=O) groups excluding carboxylic acids is 1. The fourth-order valence-electron chi connectivity index (χ4n) is 0. The molecule has 1 atom stereocenters. The van der Waals surface area contributed by atoms with E-state index in [1.165, 1.54) is 6.08 Å². The van der Waals surface area contributed by atoms with Crippen LogP contribution >= 0.6 is 0 Å². The summed E-state index contributed by atoms with van der Waals surface area (Å²) < 4.78 is 0. The average molecular weight is 533 g/mol. The van der Waals surface area contributed by atoms with Gasteiger partial charge in [-0.05, 0) is 0 Å². The van der Waals surface area contributed by atoms with E-state index in [0.717, 1.165) is 0 Å². The van der Waals surface area contributed by atoms with E-state index in [9.17, 15) is 4.79 Å². The summed E-state index contributed by atoms with van der Waals surface area (Å²) in [5, 5.41) is 0. The standard InChI is InChI=1S/C4H6O.C3H5.U.W/c1-4(2)3-5;1-3-2;;/h4H,1H2,2H3;3H,1-2H2;;/q-2;-1;+2;. The Labute approximate surface area is 102 Å². The summed E-state index contributed by atoms with van der Waals surface area (Å²) in [5.74, 6) is -0.171. The van der Waals surface area contributed by atoms with Gasteiger partial charge in [0.25, 0.3) is 0 Å². The van der Waals surface area contributed by atoms with Gasteiger partial charge in [-0.2, -0.15) is 0 Å². The Morgan fingerprint density at radius 1 is 1.70 bits per heavy atom. The van der Waals surface area contributed by atoms with Gasteiger partial charge in [0, 0.05) is 21.1 Å². The van der Waals surface area contributed by atoms with Gasteiger partial charge in [0.05, 0.1) is 0 Å². The van der Waals surface area contributed by atoms with E-state index in [1.807, 2.05) is 0 Å². The molecule has 1 unspecified atom stereocenters. The summed E-state index contributed by atoms with van der Waals surface area (Å²) in [7, 11) is 0. The second-order valence-electron chi connectivity index (χ2n) is 1.31. The molecule has 0 amide bonds. The first-order valence-electron chi connectivity index (χ1n) is 2.29. The van der Waals surface area contributed by atoms with Gasteiger partial charge in [0.1, 0.15) is 0 Å². The van der Waals surface area contributed by atoms with Crippen molar-refractivity contribution in [3.05, 3.63) is 26.5 Å². The molecule has 0 radical (unpaired) electrons. The number of rotatable bonds is 1. The maximum Gasteiger partial charge on any atom is 2.00 e. The molecule has 0 fully saturated rings. The monoisotopic (exact) mass is 533 g/mol. The first kappa shape index (κ1) is 22.5. The van der Waals surface area contributed by atoms with E-state index < -0.39 is 0 Å². The van der Waals surface area contributed by atoms with Crippen LogP contribution in [0.4, 0.5) is 0 Å². The second kappa shape index (κ2) is 22.5. The van der Waals surface area contributed by atoms with Crippen LogP contribution < -0.4 is 0 Å². The van der Waals surface area contributed by atoms with Crippen LogP contribution in [0, 0.1) is 50.9 Å². The van der Waals surface area contributed by atoms with E-state index in [1.54, 1.807) is 13.2 Å². The summed E-state index contributed by atoms with van der Waals surface area (Å²) >= 11 is 0. The maximum absolute atomic E-state index is 9.32. The zero-order valence-corrected chi connectivity index (χ0v) is 13.2. The molecular weight excluding hydrogens is 522 g/mol. The zero-order valence-electron chi connectivity index (χ0n) is 6.09. The molecule has 0 spiro atoms. The molecule has 0 aromatic carbocycles. The van der Waals surface area contributed by atoms with E-state index in [4.69, 9.17) is 0 Å². The summed E-state index contributed by atoms with van der Waals surface area (Å²) in [6.07, 6.45) is 3.17. The van der Waals surface area contributed by atoms with Crippen molar-refractivity contribution in [3.8, 4) is 0 Å². The molecule has 0 N–H and O–H groups in total. The predicted octanol–water partition coefficient (Wildman–Crippen LogP) is 1.57. The molecular formula is C7H11OUW-. The van der Waals surface area contributed by atoms with Gasteiger partial charge in [-0.3, -0.25) is 12.2 Å². The quantitative estimate of drug-likeness (QED) is 0.469. The number of allylic oxidation sites excluding steroid dienone is 1. The van der Waals surface area contributed by atoms with Crippen molar-refractivity contribution in [1.82, 2.24) is 0 Å². The normalized spacial score (nSPS) is 8.20. The molecule has 0 aromatic rings. The third-order valence-corrected chi connectivity index (χ3v) is 0.201. The summed E-state index contributed by atoms with van der Waals surface area (Å²) in [5.41, 5.74) is 0. The molecule has 0 aliphatic rings. The summed E-state index contributed by atoms with van der Waals surface area (Å²) in [6, 6.07) is 0. The third-order valence-electron chi connectivity index (χ3n) is 0.201. The smallest absolute Gasteiger partial charge is 0.544 e. The largest absolute Gasteiger partial charge is 2.00 e. The first-order valence-corrected chi connectivity index (χ1v) is 2.29. The topological polar surface area (TPSA) is 17.1 Å². The molecule has 0 aromatic heterocycles. The summed E-state index contributed by atoms with van der Waals surface area (Å²) in [6.45, 7) is 11.5. The third kappa shape index (κ3) is 63.6. The minimum atomic E-state index is -0.171. The first-order chi connectivity index (χ1) is 3.68. The Bertz CT molecular complexity index is 64.6. The number of hydrogen-bond donors (Lipinski definition) is 0. The van der Waals surface area contributed by atoms with Crippen LogP contribution in [0.3, 0.4) is 0 Å². The molecule has 0 aliphatic carbocycles. The molecule has 0 rings (SSSR count). The Kier molecular flexibility index (Phi) is 50.5. The second-order valence-corrected chi connectivity index (χ2v) is 1.31. The molecule has 0 aliphatic heterocycles. The van der Waals surface area contributed by atoms with Gasteiger partial charge in [-0.25, -0.2) is 19.6 Å². The summed E-state index contributed by atoms with van der Waals surface area (Å²) in [4.78, 5) is 9.32. The molecule has 0 heterocycles. The van der Waals surface area contributed by atoms with Crippen molar-refractivity contribution < 1.29 is 57.0 Å². The van der Waals surface area contributed by atoms with Crippen molar-refractivity contribution in [2.45, 2.75) is 6.92 Å². The van der Waals surface area contributed by atoms with Crippen LogP contribution in [0.25, 0.3) is 0 Å². The van der Waals surface area contributed by atoms with Crippen LogP contribution in [0.1, 0.15) is 6.92 Å². The van der Waals surface area contributed by atoms with Crippen molar-refractivity contribution in [1.29, 1.82) is 0 Å². The zero-order chi connectivity index (χ0) is 6.99. The van der Waals surface area contributed by atoms with Crippen LogP contribution in [-0.2, 0) is 25.9 Å².